The van der Waals surface area contributed by atoms with Crippen LogP contribution >= 0.6 is 0 Å². The second kappa shape index (κ2) is 4.75. The van der Waals surface area contributed by atoms with Gasteiger partial charge >= 0.3 is 0 Å². The third-order valence-electron chi connectivity index (χ3n) is 3.37. The monoisotopic (exact) mass is 233 g/mol. The van der Waals surface area contributed by atoms with Gasteiger partial charge in [-0.15, -0.1) is 0 Å². The van der Waals surface area contributed by atoms with Gasteiger partial charge in [0.05, 0.1) is 6.17 Å². The summed E-state index contributed by atoms with van der Waals surface area (Å²) in [6.45, 7) is 3.15. The number of carbonyl (C=O) groups excluding carboxylic acids is 1. The first-order valence-electron chi connectivity index (χ1n) is 6.00. The quantitative estimate of drug-likeness (QED) is 0.809. The van der Waals surface area contributed by atoms with Crippen LogP contribution in [0.15, 0.2) is 24.3 Å². The maximum Gasteiger partial charge on any atom is 0.248 e. The zero-order chi connectivity index (χ0) is 12.4. The molecule has 1 aromatic carbocycles. The number of carbonyl (C=O) groups is 1. The van der Waals surface area contributed by atoms with Crippen LogP contribution in [0.4, 0.5) is 5.69 Å². The largest absolute Gasteiger partial charge is 0.366 e. The van der Waals surface area contributed by atoms with Crippen molar-refractivity contribution in [3.8, 4) is 0 Å². The normalized spacial score (nSPS) is 24.7. The van der Waals surface area contributed by atoms with E-state index in [9.17, 15) is 4.79 Å². The van der Waals surface area contributed by atoms with E-state index in [0.717, 1.165) is 25.1 Å². The van der Waals surface area contributed by atoms with E-state index in [1.807, 2.05) is 18.2 Å². The second-order valence-corrected chi connectivity index (χ2v) is 4.80. The molecule has 0 aliphatic carbocycles. The van der Waals surface area contributed by atoms with Gasteiger partial charge in [-0.2, -0.15) is 0 Å². The molecule has 92 valence electrons. The molecule has 1 aliphatic rings. The van der Waals surface area contributed by atoms with Crippen molar-refractivity contribution in [2.45, 2.75) is 25.9 Å². The van der Waals surface area contributed by atoms with Crippen LogP contribution < -0.4 is 16.4 Å². The summed E-state index contributed by atoms with van der Waals surface area (Å²) in [5, 5.41) is 0. The van der Waals surface area contributed by atoms with Crippen LogP contribution in [0.3, 0.4) is 0 Å². The summed E-state index contributed by atoms with van der Waals surface area (Å²) >= 11 is 0. The topological polar surface area (TPSA) is 72.3 Å². The van der Waals surface area contributed by atoms with Crippen LogP contribution in [0.2, 0.25) is 0 Å². The Morgan fingerprint density at radius 1 is 1.47 bits per heavy atom. The van der Waals surface area contributed by atoms with Crippen LogP contribution in [-0.2, 0) is 0 Å². The lowest BCUT2D eigenvalue weighted by Gasteiger charge is -2.38. The van der Waals surface area contributed by atoms with E-state index in [0.29, 0.717) is 11.5 Å². The Hall–Kier alpha value is -1.55. The molecular weight excluding hydrogens is 214 g/mol. The summed E-state index contributed by atoms with van der Waals surface area (Å²) in [4.78, 5) is 13.3. The third kappa shape index (κ3) is 2.58. The second-order valence-electron chi connectivity index (χ2n) is 4.80. The number of anilines is 1. The molecule has 0 radical (unpaired) electrons. The molecule has 1 heterocycles. The van der Waals surface area contributed by atoms with Crippen molar-refractivity contribution >= 4 is 11.6 Å². The Bertz CT molecular complexity index is 419. The third-order valence-corrected chi connectivity index (χ3v) is 3.37. The number of primary amides is 1. The zero-order valence-electron chi connectivity index (χ0n) is 10.1. The summed E-state index contributed by atoms with van der Waals surface area (Å²) < 4.78 is 0. The number of nitrogens with two attached hydrogens (primary N) is 2. The first kappa shape index (κ1) is 11.9. The van der Waals surface area contributed by atoms with E-state index in [1.54, 1.807) is 6.07 Å². The predicted molar refractivity (Wildman–Crippen MR) is 68.7 cm³/mol. The van der Waals surface area contributed by atoms with Gasteiger partial charge in [0.25, 0.3) is 0 Å². The number of hydrogen-bond acceptors (Lipinski definition) is 3. The molecule has 0 bridgehead atoms. The lowest BCUT2D eigenvalue weighted by atomic mass is 9.96. The molecule has 1 aliphatic heterocycles. The predicted octanol–water partition coefficient (Wildman–Crippen LogP) is 1.31. The lowest BCUT2D eigenvalue weighted by Crippen LogP contribution is -2.47. The zero-order valence-corrected chi connectivity index (χ0v) is 10.1. The molecule has 0 spiro atoms. The number of hydrogen-bond donors (Lipinski definition) is 2. The maximum absolute atomic E-state index is 11.1. The van der Waals surface area contributed by atoms with Crippen LogP contribution in [-0.4, -0.2) is 18.6 Å². The Morgan fingerprint density at radius 2 is 2.24 bits per heavy atom. The summed E-state index contributed by atoms with van der Waals surface area (Å²) in [5.41, 5.74) is 12.9. The fraction of sp³-hybridized carbons (Fsp3) is 0.462. The minimum atomic E-state index is -0.397. The summed E-state index contributed by atoms with van der Waals surface area (Å²) in [6, 6.07) is 7.37. The van der Waals surface area contributed by atoms with Gasteiger partial charge in [0.2, 0.25) is 5.91 Å². The van der Waals surface area contributed by atoms with Crippen molar-refractivity contribution in [3.05, 3.63) is 29.8 Å². The molecule has 0 aromatic heterocycles. The van der Waals surface area contributed by atoms with Gasteiger partial charge in [-0.3, -0.25) is 4.79 Å². The Labute approximate surface area is 102 Å². The van der Waals surface area contributed by atoms with E-state index in [-0.39, 0.29) is 6.17 Å². The molecule has 1 saturated heterocycles. The SMILES string of the molecule is CC1CCN(c2cccc(C(N)=O)c2)C(N)C1. The van der Waals surface area contributed by atoms with Gasteiger partial charge in [0.15, 0.2) is 0 Å². The van der Waals surface area contributed by atoms with Crippen LogP contribution in [0, 0.1) is 5.92 Å². The van der Waals surface area contributed by atoms with Crippen molar-refractivity contribution in [1.82, 2.24) is 0 Å². The van der Waals surface area contributed by atoms with Gasteiger partial charge in [0, 0.05) is 17.8 Å². The minimum Gasteiger partial charge on any atom is -0.366 e. The first-order valence-corrected chi connectivity index (χ1v) is 6.00. The highest BCUT2D eigenvalue weighted by Gasteiger charge is 2.23. The van der Waals surface area contributed by atoms with E-state index in [2.05, 4.69) is 11.8 Å². The number of nitrogens with zero attached hydrogens (tertiary/aromatic N) is 1. The van der Waals surface area contributed by atoms with E-state index < -0.39 is 5.91 Å². The smallest absolute Gasteiger partial charge is 0.248 e. The molecule has 2 rings (SSSR count). The molecule has 0 saturated carbocycles. The highest BCUT2D eigenvalue weighted by Crippen LogP contribution is 2.26. The number of rotatable bonds is 2. The highest BCUT2D eigenvalue weighted by atomic mass is 16.1. The Kier molecular flexibility index (Phi) is 3.33. The van der Waals surface area contributed by atoms with Gasteiger partial charge in [-0.05, 0) is 37.0 Å². The fourth-order valence-corrected chi connectivity index (χ4v) is 2.34. The minimum absolute atomic E-state index is 0.0295. The van der Waals surface area contributed by atoms with Crippen molar-refractivity contribution in [2.24, 2.45) is 17.4 Å². The number of piperidine rings is 1. The molecular formula is C13H19N3O. The lowest BCUT2D eigenvalue weighted by molar-refractivity contribution is 0.100. The van der Waals surface area contributed by atoms with Crippen molar-refractivity contribution in [1.29, 1.82) is 0 Å². The molecule has 1 amide bonds. The average molecular weight is 233 g/mol. The van der Waals surface area contributed by atoms with Crippen molar-refractivity contribution < 1.29 is 4.79 Å². The Balaban J connectivity index is 2.22. The Morgan fingerprint density at radius 3 is 2.88 bits per heavy atom. The molecule has 1 fully saturated rings. The number of benzene rings is 1. The summed E-state index contributed by atoms with van der Waals surface area (Å²) in [7, 11) is 0. The van der Waals surface area contributed by atoms with Crippen molar-refractivity contribution in [2.75, 3.05) is 11.4 Å². The van der Waals surface area contributed by atoms with E-state index in [4.69, 9.17) is 11.5 Å². The summed E-state index contributed by atoms with van der Waals surface area (Å²) in [6.07, 6.45) is 2.15. The van der Waals surface area contributed by atoms with E-state index >= 15 is 0 Å². The molecule has 4 heteroatoms. The van der Waals surface area contributed by atoms with Crippen LogP contribution in [0.25, 0.3) is 0 Å². The summed E-state index contributed by atoms with van der Waals surface area (Å²) in [5.74, 6) is 0.270. The van der Waals surface area contributed by atoms with Crippen LogP contribution in [0.1, 0.15) is 30.1 Å². The standard InChI is InChI=1S/C13H19N3O/c1-9-5-6-16(12(14)7-9)11-4-2-3-10(8-11)13(15)17/h2-4,8-9,12H,5-7,14H2,1H3,(H2,15,17). The van der Waals surface area contributed by atoms with Crippen LogP contribution in [0.5, 0.6) is 0 Å². The molecule has 2 atom stereocenters. The maximum atomic E-state index is 11.1. The average Bonchev–Trinajstić information content (AvgIpc) is 2.29. The van der Waals surface area contributed by atoms with Gasteiger partial charge < -0.3 is 16.4 Å². The first-order chi connectivity index (χ1) is 8.08. The highest BCUT2D eigenvalue weighted by molar-refractivity contribution is 5.93. The van der Waals surface area contributed by atoms with Gasteiger partial charge in [0.1, 0.15) is 0 Å². The van der Waals surface area contributed by atoms with Crippen molar-refractivity contribution in [3.63, 3.8) is 0 Å². The molecule has 2 unspecified atom stereocenters. The van der Waals surface area contributed by atoms with E-state index in [1.165, 1.54) is 0 Å². The fourth-order valence-electron chi connectivity index (χ4n) is 2.34. The molecule has 17 heavy (non-hydrogen) atoms. The molecule has 1 aromatic rings. The number of amides is 1. The molecule has 4 N–H and O–H groups in total. The van der Waals surface area contributed by atoms with Gasteiger partial charge in [-0.25, -0.2) is 0 Å². The van der Waals surface area contributed by atoms with Gasteiger partial charge in [-0.1, -0.05) is 13.0 Å². The molecule has 4 nitrogen and oxygen atoms in total.